The number of rotatable bonds is 5. The molecule has 0 radical (unpaired) electrons. The lowest BCUT2D eigenvalue weighted by Gasteiger charge is -2.39. The fourth-order valence-corrected chi connectivity index (χ4v) is 3.05. The second-order valence-corrected chi connectivity index (χ2v) is 5.75. The quantitative estimate of drug-likeness (QED) is 0.903. The summed E-state index contributed by atoms with van der Waals surface area (Å²) in [5, 5.41) is 10.3. The average molecular weight is 291 g/mol. The normalized spacial score (nSPS) is 25.6. The molecule has 4 heteroatoms. The summed E-state index contributed by atoms with van der Waals surface area (Å²) < 4.78 is 5.30. The Morgan fingerprint density at radius 3 is 2.71 bits per heavy atom. The Kier molecular flexibility index (Phi) is 5.76. The van der Waals surface area contributed by atoms with Crippen LogP contribution in [0.2, 0.25) is 0 Å². The molecule has 1 aliphatic carbocycles. The third-order valence-electron chi connectivity index (χ3n) is 4.43. The molecule has 1 aliphatic rings. The van der Waals surface area contributed by atoms with Crippen LogP contribution in [0.1, 0.15) is 31.2 Å². The van der Waals surface area contributed by atoms with Crippen LogP contribution >= 0.6 is 0 Å². The van der Waals surface area contributed by atoms with Crippen LogP contribution in [0.15, 0.2) is 30.3 Å². The molecular formula is C17H25NO3. The first kappa shape index (κ1) is 16.0. The van der Waals surface area contributed by atoms with E-state index in [0.29, 0.717) is 6.42 Å². The summed E-state index contributed by atoms with van der Waals surface area (Å²) in [6, 6.07) is 9.87. The minimum absolute atomic E-state index is 0.0830. The highest BCUT2D eigenvalue weighted by molar-refractivity contribution is 5.76. The number of methoxy groups -OCH3 is 1. The van der Waals surface area contributed by atoms with E-state index in [-0.39, 0.29) is 18.1 Å². The molecule has 2 rings (SSSR count). The molecule has 21 heavy (non-hydrogen) atoms. The maximum Gasteiger partial charge on any atom is 0.222 e. The summed E-state index contributed by atoms with van der Waals surface area (Å²) in [6.45, 7) is 0. The van der Waals surface area contributed by atoms with Gasteiger partial charge in [-0.3, -0.25) is 4.79 Å². The smallest absolute Gasteiger partial charge is 0.222 e. The van der Waals surface area contributed by atoms with E-state index in [2.05, 4.69) is 0 Å². The van der Waals surface area contributed by atoms with Crippen LogP contribution in [0.3, 0.4) is 0 Å². The van der Waals surface area contributed by atoms with Crippen molar-refractivity contribution in [2.45, 2.75) is 50.4 Å². The Morgan fingerprint density at radius 1 is 1.33 bits per heavy atom. The number of benzene rings is 1. The van der Waals surface area contributed by atoms with Gasteiger partial charge in [-0.05, 0) is 31.2 Å². The maximum atomic E-state index is 12.3. The van der Waals surface area contributed by atoms with Gasteiger partial charge in [0.1, 0.15) is 6.10 Å². The Labute approximate surface area is 126 Å². The van der Waals surface area contributed by atoms with Gasteiger partial charge < -0.3 is 14.7 Å². The molecule has 0 bridgehead atoms. The van der Waals surface area contributed by atoms with Gasteiger partial charge in [-0.2, -0.15) is 0 Å². The van der Waals surface area contributed by atoms with E-state index in [1.165, 1.54) is 5.56 Å². The van der Waals surface area contributed by atoms with E-state index >= 15 is 0 Å². The lowest BCUT2D eigenvalue weighted by Crippen LogP contribution is -2.52. The van der Waals surface area contributed by atoms with E-state index in [9.17, 15) is 9.90 Å². The number of ether oxygens (including phenoxy) is 1. The van der Waals surface area contributed by atoms with Gasteiger partial charge in [0.15, 0.2) is 0 Å². The van der Waals surface area contributed by atoms with Crippen molar-refractivity contribution < 1.29 is 14.6 Å². The molecule has 1 aromatic rings. The van der Waals surface area contributed by atoms with Gasteiger partial charge in [0, 0.05) is 20.6 Å². The molecule has 0 saturated heterocycles. The van der Waals surface area contributed by atoms with Crippen molar-refractivity contribution in [1.29, 1.82) is 0 Å². The average Bonchev–Trinajstić information content (AvgIpc) is 2.53. The number of hydrogen-bond donors (Lipinski definition) is 1. The monoisotopic (exact) mass is 291 g/mol. The van der Waals surface area contributed by atoms with Crippen molar-refractivity contribution >= 4 is 5.91 Å². The molecule has 1 amide bonds. The predicted molar refractivity (Wildman–Crippen MR) is 82.0 cm³/mol. The van der Waals surface area contributed by atoms with Crippen LogP contribution in [0.25, 0.3) is 0 Å². The van der Waals surface area contributed by atoms with Gasteiger partial charge in [0.25, 0.3) is 0 Å². The largest absolute Gasteiger partial charge is 0.388 e. The number of nitrogens with zero attached hydrogens (tertiary/aromatic N) is 1. The van der Waals surface area contributed by atoms with Gasteiger partial charge in [-0.25, -0.2) is 0 Å². The van der Waals surface area contributed by atoms with Crippen LogP contribution in [0.4, 0.5) is 0 Å². The highest BCUT2D eigenvalue weighted by Crippen LogP contribution is 2.25. The van der Waals surface area contributed by atoms with Gasteiger partial charge in [0.05, 0.1) is 12.1 Å². The second-order valence-electron chi connectivity index (χ2n) is 5.75. The summed E-state index contributed by atoms with van der Waals surface area (Å²) in [5.74, 6) is 0.0830. The van der Waals surface area contributed by atoms with Crippen molar-refractivity contribution in [1.82, 2.24) is 4.90 Å². The Hall–Kier alpha value is -1.39. The number of aliphatic hydroxyl groups is 1. The van der Waals surface area contributed by atoms with Crippen molar-refractivity contribution in [3.8, 4) is 0 Å². The molecule has 1 aromatic carbocycles. The van der Waals surface area contributed by atoms with Gasteiger partial charge in [-0.15, -0.1) is 0 Å². The fourth-order valence-electron chi connectivity index (χ4n) is 3.05. The van der Waals surface area contributed by atoms with Crippen molar-refractivity contribution in [2.75, 3.05) is 14.2 Å². The van der Waals surface area contributed by atoms with Crippen LogP contribution in [0.5, 0.6) is 0 Å². The van der Waals surface area contributed by atoms with Crippen molar-refractivity contribution in [2.24, 2.45) is 0 Å². The SMILES string of the molecule is CO[C@@H]1CCC[C@@H](N(C)C(=O)CCc2ccccc2)[C@H]1O. The zero-order valence-corrected chi connectivity index (χ0v) is 12.9. The lowest BCUT2D eigenvalue weighted by atomic mass is 9.89. The number of amides is 1. The van der Waals surface area contributed by atoms with E-state index in [1.807, 2.05) is 30.3 Å². The molecule has 0 aliphatic heterocycles. The first-order valence-electron chi connectivity index (χ1n) is 7.64. The van der Waals surface area contributed by atoms with E-state index in [0.717, 1.165) is 25.7 Å². The summed E-state index contributed by atoms with van der Waals surface area (Å²) in [4.78, 5) is 14.0. The summed E-state index contributed by atoms with van der Waals surface area (Å²) in [5.41, 5.74) is 1.17. The molecule has 1 saturated carbocycles. The predicted octanol–water partition coefficient (Wildman–Crippen LogP) is 2.01. The molecule has 0 aromatic heterocycles. The third-order valence-corrected chi connectivity index (χ3v) is 4.43. The molecule has 0 unspecified atom stereocenters. The third kappa shape index (κ3) is 4.05. The zero-order chi connectivity index (χ0) is 15.2. The van der Waals surface area contributed by atoms with E-state index in [4.69, 9.17) is 4.74 Å². The van der Waals surface area contributed by atoms with Crippen LogP contribution in [-0.4, -0.2) is 48.3 Å². The molecule has 4 nitrogen and oxygen atoms in total. The number of likely N-dealkylation sites (N-methyl/N-ethyl adjacent to an activating group) is 1. The standard InChI is InChI=1S/C17H25NO3/c1-18(14-9-6-10-15(21-2)17(14)20)16(19)12-11-13-7-4-3-5-8-13/h3-5,7-8,14-15,17,20H,6,9-12H2,1-2H3/t14-,15-,17-/m1/s1. The number of carbonyl (C=O) groups is 1. The molecule has 1 fully saturated rings. The maximum absolute atomic E-state index is 12.3. The molecular weight excluding hydrogens is 266 g/mol. The van der Waals surface area contributed by atoms with Gasteiger partial charge >= 0.3 is 0 Å². The number of hydrogen-bond acceptors (Lipinski definition) is 3. The zero-order valence-electron chi connectivity index (χ0n) is 12.9. The van der Waals surface area contributed by atoms with Crippen molar-refractivity contribution in [3.63, 3.8) is 0 Å². The Balaban J connectivity index is 1.89. The summed E-state index contributed by atoms with van der Waals surface area (Å²) in [7, 11) is 3.41. The Bertz CT molecular complexity index is 449. The van der Waals surface area contributed by atoms with E-state index in [1.54, 1.807) is 19.1 Å². The number of aryl methyl sites for hydroxylation is 1. The second kappa shape index (κ2) is 7.57. The van der Waals surface area contributed by atoms with Gasteiger partial charge in [0.2, 0.25) is 5.91 Å². The van der Waals surface area contributed by atoms with Crippen LogP contribution in [-0.2, 0) is 16.0 Å². The first-order valence-corrected chi connectivity index (χ1v) is 7.64. The molecule has 3 atom stereocenters. The Morgan fingerprint density at radius 2 is 2.05 bits per heavy atom. The van der Waals surface area contributed by atoms with Gasteiger partial charge in [-0.1, -0.05) is 30.3 Å². The number of carbonyl (C=O) groups excluding carboxylic acids is 1. The summed E-state index contributed by atoms with van der Waals surface area (Å²) in [6.07, 6.45) is 3.15. The fraction of sp³-hybridized carbons (Fsp3) is 0.588. The lowest BCUT2D eigenvalue weighted by molar-refractivity contribution is -0.140. The highest BCUT2D eigenvalue weighted by Gasteiger charge is 2.35. The molecule has 0 spiro atoms. The summed E-state index contributed by atoms with van der Waals surface area (Å²) >= 11 is 0. The van der Waals surface area contributed by atoms with Crippen molar-refractivity contribution in [3.05, 3.63) is 35.9 Å². The molecule has 116 valence electrons. The topological polar surface area (TPSA) is 49.8 Å². The first-order chi connectivity index (χ1) is 10.1. The number of aliphatic hydroxyl groups excluding tert-OH is 1. The van der Waals surface area contributed by atoms with Crippen LogP contribution < -0.4 is 0 Å². The minimum atomic E-state index is -0.588. The van der Waals surface area contributed by atoms with Crippen LogP contribution in [0, 0.1) is 0 Å². The molecule has 1 N–H and O–H groups in total. The molecule has 0 heterocycles. The highest BCUT2D eigenvalue weighted by atomic mass is 16.5. The minimum Gasteiger partial charge on any atom is -0.388 e. The van der Waals surface area contributed by atoms with E-state index < -0.39 is 6.10 Å².